The highest BCUT2D eigenvalue weighted by Crippen LogP contribution is 2.37. The third-order valence-electron chi connectivity index (χ3n) is 20.5. The molecule has 4 amide bonds. The van der Waals surface area contributed by atoms with Gasteiger partial charge in [-0.3, -0.25) is 24.2 Å². The number of carbonyl (C=O) groups is 4. The second-order valence-electron chi connectivity index (χ2n) is 33.9. The van der Waals surface area contributed by atoms with Crippen LogP contribution in [0.5, 0.6) is 23.0 Å². The van der Waals surface area contributed by atoms with Gasteiger partial charge in [0.05, 0.1) is 98.8 Å². The summed E-state index contributed by atoms with van der Waals surface area (Å²) in [7, 11) is 7.03. The van der Waals surface area contributed by atoms with E-state index in [0.29, 0.717) is 96.6 Å². The normalized spacial score (nSPS) is 12.1. The van der Waals surface area contributed by atoms with E-state index in [4.69, 9.17) is 30.5 Å². The zero-order chi connectivity index (χ0) is 95.1. The Morgan fingerprint density at radius 2 is 0.638 bits per heavy atom. The molecule has 0 bridgehead atoms. The molecule has 5 aromatic heterocycles. The van der Waals surface area contributed by atoms with Crippen molar-refractivity contribution in [2.24, 2.45) is 50.4 Å². The molecule has 1 unspecified atom stereocenters. The third-order valence-corrected chi connectivity index (χ3v) is 20.9. The Morgan fingerprint density at radius 1 is 0.354 bits per heavy atom. The van der Waals surface area contributed by atoms with Gasteiger partial charge in [0.1, 0.15) is 45.8 Å². The van der Waals surface area contributed by atoms with Crippen LogP contribution in [0.3, 0.4) is 0 Å². The number of aromatic nitrogens is 9. The fourth-order valence-electron chi connectivity index (χ4n) is 13.4. The fraction of sp³-hybridized carbons (Fsp3) is 0.344. The Morgan fingerprint density at radius 3 is 0.931 bits per heavy atom. The van der Waals surface area contributed by atoms with E-state index >= 15 is 0 Å². The summed E-state index contributed by atoms with van der Waals surface area (Å²) in [4.78, 5) is 80.2. The number of aryl methyl sites for hydroxylation is 6. The molecular formula is C96H104ClF12N13O8. The first-order chi connectivity index (χ1) is 61.1. The first kappa shape index (κ1) is 101. The summed E-state index contributed by atoms with van der Waals surface area (Å²) in [6.45, 7) is 21.4. The van der Waals surface area contributed by atoms with Gasteiger partial charge in [0, 0.05) is 120 Å². The summed E-state index contributed by atoms with van der Waals surface area (Å²) < 4.78 is 183. The lowest BCUT2D eigenvalue weighted by molar-refractivity contribution is -0.138. The number of benzene rings is 7. The average molecular weight is 1830 g/mol. The van der Waals surface area contributed by atoms with E-state index in [9.17, 15) is 71.9 Å². The molecule has 0 saturated heterocycles. The Kier molecular flexibility index (Phi) is 34.4. The summed E-state index contributed by atoms with van der Waals surface area (Å²) in [5.74, 6) is 0.616. The molecular weight excluding hydrogens is 1730 g/mol. The van der Waals surface area contributed by atoms with Crippen molar-refractivity contribution in [2.75, 3.05) is 52.6 Å². The molecule has 130 heavy (non-hydrogen) atoms. The third kappa shape index (κ3) is 30.4. The number of imidazole rings is 4. The summed E-state index contributed by atoms with van der Waals surface area (Å²) in [6, 6.07) is 45.1. The largest absolute Gasteiger partial charge is 0.493 e. The van der Waals surface area contributed by atoms with Crippen LogP contribution in [0.1, 0.15) is 146 Å². The van der Waals surface area contributed by atoms with Crippen molar-refractivity contribution < 1.29 is 90.8 Å². The van der Waals surface area contributed by atoms with Crippen LogP contribution in [0, 0.1) is 36.0 Å². The van der Waals surface area contributed by atoms with Gasteiger partial charge in [-0.25, -0.2) is 19.9 Å². The van der Waals surface area contributed by atoms with Crippen LogP contribution in [0.2, 0.25) is 5.02 Å². The van der Waals surface area contributed by atoms with Gasteiger partial charge in [-0.2, -0.15) is 52.7 Å². The molecule has 0 aliphatic carbocycles. The van der Waals surface area contributed by atoms with Gasteiger partial charge in [-0.1, -0.05) is 133 Å². The molecule has 5 heterocycles. The lowest BCUT2D eigenvalue weighted by atomic mass is 9.93. The fourth-order valence-corrected chi connectivity index (χ4v) is 13.6. The molecule has 0 saturated carbocycles. The molecule has 0 N–H and O–H groups in total. The number of amides is 4. The minimum absolute atomic E-state index is 0.0570. The second kappa shape index (κ2) is 44.4. The first-order valence-corrected chi connectivity index (χ1v) is 41.4. The van der Waals surface area contributed by atoms with Crippen LogP contribution in [-0.4, -0.2) is 139 Å². The predicted octanol–water partition coefficient (Wildman–Crippen LogP) is 21.0. The molecule has 692 valence electrons. The molecule has 34 heteroatoms. The number of hydrogen-bond acceptors (Lipinski definition) is 13. The topological polar surface area (TPSA) is 202 Å². The monoisotopic (exact) mass is 1830 g/mol. The number of alkyl halides is 12. The Hall–Kier alpha value is -12.9. The van der Waals surface area contributed by atoms with Gasteiger partial charge in [-0.05, 0) is 156 Å². The van der Waals surface area contributed by atoms with Gasteiger partial charge >= 0.3 is 24.7 Å². The van der Waals surface area contributed by atoms with E-state index in [2.05, 4.69) is 24.9 Å². The van der Waals surface area contributed by atoms with E-state index in [1.807, 2.05) is 135 Å². The van der Waals surface area contributed by atoms with Gasteiger partial charge in [0.15, 0.2) is 0 Å². The highest BCUT2D eigenvalue weighted by molar-refractivity contribution is 6.31. The Balaban J connectivity index is 0.000000195. The predicted molar refractivity (Wildman–Crippen MR) is 468 cm³/mol. The van der Waals surface area contributed by atoms with E-state index in [-0.39, 0.29) is 62.5 Å². The van der Waals surface area contributed by atoms with E-state index in [1.54, 1.807) is 122 Å². The summed E-state index contributed by atoms with van der Waals surface area (Å²) in [6.07, 6.45) is -1.81. The molecule has 12 rings (SSSR count). The number of carbonyl (C=O) groups excluding carboxylic acids is 4. The number of hydrogen-bond donors (Lipinski definition) is 0. The number of ether oxygens (including phenoxy) is 4. The van der Waals surface area contributed by atoms with E-state index in [0.717, 1.165) is 81.9 Å². The number of rotatable bonds is 32. The number of nitrogens with zero attached hydrogens (tertiary/aromatic N) is 13. The maximum atomic E-state index is 13.3. The maximum Gasteiger partial charge on any atom is 0.416 e. The smallest absolute Gasteiger partial charge is 0.416 e. The second-order valence-corrected chi connectivity index (χ2v) is 34.3. The maximum absolute atomic E-state index is 13.3. The van der Waals surface area contributed by atoms with Crippen LogP contribution in [0.25, 0.3) is 0 Å². The van der Waals surface area contributed by atoms with Gasteiger partial charge in [0.25, 0.3) is 23.6 Å². The van der Waals surface area contributed by atoms with Crippen LogP contribution < -0.4 is 18.9 Å². The molecule has 0 aliphatic heterocycles. The van der Waals surface area contributed by atoms with E-state index in [1.165, 1.54) is 67.1 Å². The van der Waals surface area contributed by atoms with Crippen LogP contribution in [0.4, 0.5) is 52.7 Å². The zero-order valence-electron chi connectivity index (χ0n) is 74.1. The lowest BCUT2D eigenvalue weighted by Gasteiger charge is -2.33. The molecule has 12 aromatic rings. The van der Waals surface area contributed by atoms with Crippen molar-refractivity contribution in [3.8, 4) is 23.0 Å². The summed E-state index contributed by atoms with van der Waals surface area (Å²) in [5.41, 5.74) is 3.38. The minimum Gasteiger partial charge on any atom is -0.493 e. The van der Waals surface area contributed by atoms with Crippen molar-refractivity contribution in [3.05, 3.63) is 328 Å². The average Bonchev–Trinajstić information content (AvgIpc) is 1.37. The molecule has 0 fully saturated rings. The van der Waals surface area contributed by atoms with Crippen molar-refractivity contribution in [1.82, 2.24) is 62.8 Å². The van der Waals surface area contributed by atoms with Crippen molar-refractivity contribution >= 4 is 35.2 Å². The van der Waals surface area contributed by atoms with Crippen molar-refractivity contribution in [2.45, 2.75) is 113 Å². The first-order valence-electron chi connectivity index (χ1n) is 41.1. The van der Waals surface area contributed by atoms with Crippen LogP contribution in [0.15, 0.2) is 244 Å². The number of pyridine rings is 1. The molecule has 0 spiro atoms. The standard InChI is InChI=1S/C25H28F3N3O2.C24H25ClF3N3O2.C24H26F3N3O2.C23H25F3N4O2/c1-18-7-5-6-8-19(18)14-31(23(32)22-13-29-17-30(22)4)15-24(2,3)16-33-21-11-9-20(10-12-21)25(26,27)28;1-23(2,15-33-19-10-8-18(9-11-19)24(26,27)28)14-31(13-17-6-4-5-7-20(17)25)22(32)21-12-29-16-30(21)3;1-17(15-32-21-10-8-20(9-11-21)24(25,26)27)13-30(14-19-7-5-4-6-18(19)2)23(31)22-12-28-16-29(22)3;1-22(2,15-32-19-8-6-18(7-9-19)23(24,25)26)14-30(13-17-5-4-10-27-11-17)21(31)20-12-28-16-29(20)3/h5-13,17H,14-16H2,1-4H3;4-12,16H,13-15H2,1-3H3;4-12,16-17H,13-15H2,1-3H3;4-12,16H,13-15H2,1-3H3. The summed E-state index contributed by atoms with van der Waals surface area (Å²) >= 11 is 6.33. The quantitative estimate of drug-likeness (QED) is 0.0361. The molecule has 21 nitrogen and oxygen atoms in total. The lowest BCUT2D eigenvalue weighted by Crippen LogP contribution is -2.41. The molecule has 7 aromatic carbocycles. The molecule has 0 aliphatic rings. The van der Waals surface area contributed by atoms with Crippen LogP contribution in [-0.2, 0) is 79.1 Å². The van der Waals surface area contributed by atoms with Crippen molar-refractivity contribution in [3.63, 3.8) is 0 Å². The van der Waals surface area contributed by atoms with Gasteiger partial charge in [0.2, 0.25) is 0 Å². The summed E-state index contributed by atoms with van der Waals surface area (Å²) in [5, 5.41) is 0.555. The Bertz CT molecular complexity index is 5460. The van der Waals surface area contributed by atoms with E-state index < -0.39 is 63.2 Å². The Labute approximate surface area is 752 Å². The van der Waals surface area contributed by atoms with Crippen molar-refractivity contribution in [1.29, 1.82) is 0 Å². The zero-order valence-corrected chi connectivity index (χ0v) is 74.9. The SMILES string of the molecule is Cc1ccccc1CN(CC(C)(C)COc1ccc(C(F)(F)F)cc1)C(=O)c1cncn1C.Cc1ccccc1CN(CC(C)COc1ccc(C(F)(F)F)cc1)C(=O)c1cncn1C.Cn1cncc1C(=O)N(Cc1ccccc1Cl)CC(C)(C)COc1ccc(C(F)(F)F)cc1.Cn1cncc1C(=O)N(Cc1cccnc1)CC(C)(C)COc1ccc(C(F)(F)F)cc1. The highest BCUT2D eigenvalue weighted by atomic mass is 35.5. The highest BCUT2D eigenvalue weighted by Gasteiger charge is 2.37. The van der Waals surface area contributed by atoms with Gasteiger partial charge < -0.3 is 56.8 Å². The molecule has 0 radical (unpaired) electrons. The van der Waals surface area contributed by atoms with Crippen LogP contribution >= 0.6 is 11.6 Å². The van der Waals surface area contributed by atoms with Gasteiger partial charge in [-0.15, -0.1) is 0 Å². The molecule has 1 atom stereocenters. The number of halogens is 13. The minimum atomic E-state index is -4.40.